The Kier molecular flexibility index (Phi) is 4.61. The lowest BCUT2D eigenvalue weighted by Gasteiger charge is -2.24. The molecular formula is C22H19FN4O. The van der Waals surface area contributed by atoms with Gasteiger partial charge in [0, 0.05) is 31.2 Å². The average Bonchev–Trinajstić information content (AvgIpc) is 3.16. The highest BCUT2D eigenvalue weighted by Crippen LogP contribution is 2.22. The van der Waals surface area contributed by atoms with E-state index in [1.54, 1.807) is 48.6 Å². The third-order valence-corrected chi connectivity index (χ3v) is 4.86. The minimum absolute atomic E-state index is 0.0999. The first kappa shape index (κ1) is 17.9. The van der Waals surface area contributed by atoms with Crippen LogP contribution in [0.15, 0.2) is 73.2 Å². The molecule has 4 aromatic rings. The zero-order valence-corrected chi connectivity index (χ0v) is 15.6. The maximum absolute atomic E-state index is 13.1. The third kappa shape index (κ3) is 3.36. The molecule has 3 aromatic heterocycles. The van der Waals surface area contributed by atoms with E-state index in [-0.39, 0.29) is 17.8 Å². The molecule has 0 radical (unpaired) electrons. The molecule has 3 heterocycles. The van der Waals surface area contributed by atoms with E-state index >= 15 is 0 Å². The van der Waals surface area contributed by atoms with Crippen LogP contribution in [0.2, 0.25) is 0 Å². The summed E-state index contributed by atoms with van der Waals surface area (Å²) in [6.07, 6.45) is 5.32. The van der Waals surface area contributed by atoms with Crippen molar-refractivity contribution in [2.45, 2.75) is 13.0 Å². The molecule has 0 unspecified atom stereocenters. The third-order valence-electron chi connectivity index (χ3n) is 4.86. The van der Waals surface area contributed by atoms with Crippen molar-refractivity contribution in [3.05, 3.63) is 90.3 Å². The van der Waals surface area contributed by atoms with Crippen LogP contribution in [0.1, 0.15) is 29.0 Å². The van der Waals surface area contributed by atoms with Crippen molar-refractivity contribution in [1.29, 1.82) is 0 Å². The largest absolute Gasteiger partial charge is 0.333 e. The van der Waals surface area contributed by atoms with Crippen LogP contribution < -0.4 is 0 Å². The molecule has 28 heavy (non-hydrogen) atoms. The maximum atomic E-state index is 13.1. The quantitative estimate of drug-likeness (QED) is 0.533. The van der Waals surface area contributed by atoms with E-state index in [9.17, 15) is 9.18 Å². The van der Waals surface area contributed by atoms with Gasteiger partial charge in [0.15, 0.2) is 0 Å². The van der Waals surface area contributed by atoms with Gasteiger partial charge in [-0.3, -0.25) is 9.78 Å². The van der Waals surface area contributed by atoms with Gasteiger partial charge < -0.3 is 9.30 Å². The summed E-state index contributed by atoms with van der Waals surface area (Å²) in [4.78, 5) is 23.5. The van der Waals surface area contributed by atoms with E-state index in [1.165, 1.54) is 12.1 Å². The van der Waals surface area contributed by atoms with Gasteiger partial charge in [-0.15, -0.1) is 0 Å². The van der Waals surface area contributed by atoms with Crippen molar-refractivity contribution in [2.75, 3.05) is 7.05 Å². The van der Waals surface area contributed by atoms with Gasteiger partial charge in [-0.25, -0.2) is 9.37 Å². The second kappa shape index (κ2) is 7.23. The minimum atomic E-state index is -0.287. The summed E-state index contributed by atoms with van der Waals surface area (Å²) >= 11 is 0. The number of carbonyl (C=O) groups is 1. The first-order chi connectivity index (χ1) is 13.5. The Hall–Kier alpha value is -3.54. The second-order valence-electron chi connectivity index (χ2n) is 6.66. The van der Waals surface area contributed by atoms with Gasteiger partial charge in [-0.05, 0) is 55.5 Å². The predicted octanol–water partition coefficient (Wildman–Crippen LogP) is 4.37. The molecule has 0 saturated heterocycles. The lowest BCUT2D eigenvalue weighted by atomic mass is 10.1. The average molecular weight is 374 g/mol. The summed E-state index contributed by atoms with van der Waals surface area (Å²) in [5.41, 5.74) is 3.65. The highest BCUT2D eigenvalue weighted by molar-refractivity contribution is 5.94. The molecule has 6 heteroatoms. The molecule has 0 aliphatic carbocycles. The molecule has 0 aliphatic heterocycles. The molecular weight excluding hydrogens is 355 g/mol. The summed E-state index contributed by atoms with van der Waals surface area (Å²) in [5, 5.41) is 0. The van der Waals surface area contributed by atoms with Crippen LogP contribution >= 0.6 is 0 Å². The Balaban J connectivity index is 1.62. The molecule has 5 nitrogen and oxygen atoms in total. The van der Waals surface area contributed by atoms with Crippen LogP contribution in [-0.2, 0) is 0 Å². The van der Waals surface area contributed by atoms with Crippen LogP contribution in [0.25, 0.3) is 16.9 Å². The van der Waals surface area contributed by atoms with E-state index < -0.39 is 0 Å². The van der Waals surface area contributed by atoms with Gasteiger partial charge >= 0.3 is 0 Å². The Morgan fingerprint density at radius 3 is 2.57 bits per heavy atom. The normalized spacial score (nSPS) is 12.1. The molecule has 0 aliphatic rings. The zero-order valence-electron chi connectivity index (χ0n) is 15.6. The molecule has 0 N–H and O–H groups in total. The number of hydrogen-bond acceptors (Lipinski definition) is 3. The summed E-state index contributed by atoms with van der Waals surface area (Å²) in [5.74, 6) is -0.387. The summed E-state index contributed by atoms with van der Waals surface area (Å²) in [7, 11) is 1.77. The molecule has 1 atom stereocenters. The van der Waals surface area contributed by atoms with E-state index in [4.69, 9.17) is 0 Å². The number of nitrogens with zero attached hydrogens (tertiary/aromatic N) is 4. The molecule has 1 aromatic carbocycles. The zero-order chi connectivity index (χ0) is 19.7. The number of benzene rings is 1. The lowest BCUT2D eigenvalue weighted by molar-refractivity contribution is 0.0739. The van der Waals surface area contributed by atoms with Gasteiger partial charge in [0.05, 0.1) is 23.0 Å². The molecule has 0 fully saturated rings. The molecule has 140 valence electrons. The van der Waals surface area contributed by atoms with E-state index in [1.807, 2.05) is 35.7 Å². The van der Waals surface area contributed by atoms with Crippen molar-refractivity contribution >= 4 is 11.6 Å². The van der Waals surface area contributed by atoms with Gasteiger partial charge in [0.25, 0.3) is 5.91 Å². The second-order valence-corrected chi connectivity index (χ2v) is 6.66. The molecule has 4 rings (SSSR count). The standard InChI is InChI=1S/C22H19FN4O/c1-15(19-5-3-4-12-24-19)26(2)22(28)17-8-11-21-25-20(14-27(21)13-17)16-6-9-18(23)10-7-16/h3-15H,1-2H3/t15-/m1/s1. The first-order valence-corrected chi connectivity index (χ1v) is 8.96. The number of hydrogen-bond donors (Lipinski definition) is 0. The van der Waals surface area contributed by atoms with Crippen molar-refractivity contribution in [3.63, 3.8) is 0 Å². The number of fused-ring (bicyclic) bond motifs is 1. The van der Waals surface area contributed by atoms with Gasteiger partial charge in [0.2, 0.25) is 0 Å². The maximum Gasteiger partial charge on any atom is 0.255 e. The fourth-order valence-corrected chi connectivity index (χ4v) is 3.08. The number of carbonyl (C=O) groups excluding carboxylic acids is 1. The first-order valence-electron chi connectivity index (χ1n) is 8.96. The van der Waals surface area contributed by atoms with E-state index in [2.05, 4.69) is 9.97 Å². The molecule has 1 amide bonds. The van der Waals surface area contributed by atoms with Crippen molar-refractivity contribution in [1.82, 2.24) is 19.3 Å². The number of imidazole rings is 1. The fraction of sp³-hybridized carbons (Fsp3) is 0.136. The summed E-state index contributed by atoms with van der Waals surface area (Å²) in [6, 6.07) is 15.3. The molecule has 0 spiro atoms. The van der Waals surface area contributed by atoms with Crippen LogP contribution in [0.4, 0.5) is 4.39 Å². The van der Waals surface area contributed by atoms with Crippen molar-refractivity contribution in [2.24, 2.45) is 0 Å². The Labute approximate surface area is 162 Å². The van der Waals surface area contributed by atoms with Gasteiger partial charge in [0.1, 0.15) is 11.5 Å². The van der Waals surface area contributed by atoms with Crippen LogP contribution in [-0.4, -0.2) is 32.2 Å². The summed E-state index contributed by atoms with van der Waals surface area (Å²) < 4.78 is 15.0. The topological polar surface area (TPSA) is 50.5 Å². The molecule has 0 saturated carbocycles. The monoisotopic (exact) mass is 374 g/mol. The molecule has 0 bridgehead atoms. The van der Waals surface area contributed by atoms with E-state index in [0.717, 1.165) is 22.6 Å². The van der Waals surface area contributed by atoms with Crippen LogP contribution in [0.3, 0.4) is 0 Å². The number of amides is 1. The van der Waals surface area contributed by atoms with Crippen LogP contribution in [0.5, 0.6) is 0 Å². The highest BCUT2D eigenvalue weighted by Gasteiger charge is 2.20. The lowest BCUT2D eigenvalue weighted by Crippen LogP contribution is -2.30. The fourth-order valence-electron chi connectivity index (χ4n) is 3.08. The smallest absolute Gasteiger partial charge is 0.255 e. The highest BCUT2D eigenvalue weighted by atomic mass is 19.1. The predicted molar refractivity (Wildman–Crippen MR) is 105 cm³/mol. The van der Waals surface area contributed by atoms with E-state index in [0.29, 0.717) is 5.56 Å². The van der Waals surface area contributed by atoms with Crippen molar-refractivity contribution < 1.29 is 9.18 Å². The van der Waals surface area contributed by atoms with Gasteiger partial charge in [-0.2, -0.15) is 0 Å². The SMILES string of the molecule is C[C@H](c1ccccn1)N(C)C(=O)c1ccc2nc(-c3ccc(F)cc3)cn2c1. The summed E-state index contributed by atoms with van der Waals surface area (Å²) in [6.45, 7) is 1.95. The Morgan fingerprint density at radius 1 is 1.07 bits per heavy atom. The Morgan fingerprint density at radius 2 is 1.86 bits per heavy atom. The Bertz CT molecular complexity index is 1120. The van der Waals surface area contributed by atoms with Crippen molar-refractivity contribution in [3.8, 4) is 11.3 Å². The number of rotatable bonds is 4. The minimum Gasteiger partial charge on any atom is -0.333 e. The number of halogens is 1. The van der Waals surface area contributed by atoms with Gasteiger partial charge in [-0.1, -0.05) is 6.07 Å². The number of aromatic nitrogens is 3. The number of pyridine rings is 2. The van der Waals surface area contributed by atoms with Crippen LogP contribution in [0, 0.1) is 5.82 Å².